The van der Waals surface area contributed by atoms with Crippen LogP contribution in [0.5, 0.6) is 0 Å². The monoisotopic (exact) mass is 193 g/mol. The molecule has 0 saturated carbocycles. The molecular formula is C12H16FN. The maximum Gasteiger partial charge on any atom is 0.110 e. The van der Waals surface area contributed by atoms with E-state index in [4.69, 9.17) is 0 Å². The molecule has 1 atom stereocenters. The third kappa shape index (κ3) is 2.87. The Kier molecular flexibility index (Phi) is 4.17. The van der Waals surface area contributed by atoms with Gasteiger partial charge in [0.25, 0.3) is 0 Å². The fraction of sp³-hybridized carbons (Fsp3) is 0.333. The molecule has 1 nitrogen and oxygen atoms in total. The number of rotatable bonds is 5. The predicted molar refractivity (Wildman–Crippen MR) is 57.9 cm³/mol. The van der Waals surface area contributed by atoms with Crippen molar-refractivity contribution >= 4 is 0 Å². The van der Waals surface area contributed by atoms with Crippen LogP contribution in [0.25, 0.3) is 0 Å². The first kappa shape index (κ1) is 10.8. The summed E-state index contributed by atoms with van der Waals surface area (Å²) in [6, 6.07) is 9.83. The molecule has 1 aromatic rings. The van der Waals surface area contributed by atoms with Gasteiger partial charge >= 0.3 is 0 Å². The minimum absolute atomic E-state index is 0.102. The Bertz CT molecular complexity index is 271. The van der Waals surface area contributed by atoms with Crippen molar-refractivity contribution in [3.05, 3.63) is 48.7 Å². The molecule has 0 fully saturated rings. The molecule has 76 valence electrons. The van der Waals surface area contributed by atoms with Gasteiger partial charge in [-0.05, 0) is 18.2 Å². The van der Waals surface area contributed by atoms with Crippen molar-refractivity contribution in [3.8, 4) is 0 Å². The Morgan fingerprint density at radius 2 is 2.07 bits per heavy atom. The van der Waals surface area contributed by atoms with Gasteiger partial charge in [0.1, 0.15) is 6.67 Å². The van der Waals surface area contributed by atoms with E-state index in [1.54, 1.807) is 6.20 Å². The molecule has 0 amide bonds. The van der Waals surface area contributed by atoms with Gasteiger partial charge in [0.15, 0.2) is 0 Å². The molecule has 0 aliphatic heterocycles. The van der Waals surface area contributed by atoms with Crippen LogP contribution in [0, 0.1) is 0 Å². The van der Waals surface area contributed by atoms with Gasteiger partial charge in [-0.15, -0.1) is 0 Å². The summed E-state index contributed by atoms with van der Waals surface area (Å²) in [5.41, 5.74) is 1.16. The lowest BCUT2D eigenvalue weighted by Gasteiger charge is -2.23. The van der Waals surface area contributed by atoms with E-state index in [1.807, 2.05) is 42.3 Å². The summed E-state index contributed by atoms with van der Waals surface area (Å²) in [7, 11) is 1.85. The van der Waals surface area contributed by atoms with E-state index >= 15 is 0 Å². The van der Waals surface area contributed by atoms with Crippen LogP contribution in [0.15, 0.2) is 43.1 Å². The van der Waals surface area contributed by atoms with Crippen molar-refractivity contribution in [1.29, 1.82) is 0 Å². The maximum absolute atomic E-state index is 12.7. The van der Waals surface area contributed by atoms with Gasteiger partial charge in [-0.2, -0.15) is 0 Å². The number of alkyl halides is 1. The van der Waals surface area contributed by atoms with Crippen molar-refractivity contribution in [1.82, 2.24) is 4.90 Å². The number of halogens is 1. The third-order valence-corrected chi connectivity index (χ3v) is 2.36. The number of hydrogen-bond acceptors (Lipinski definition) is 1. The lowest BCUT2D eigenvalue weighted by atomic mass is 10.1. The van der Waals surface area contributed by atoms with E-state index in [-0.39, 0.29) is 12.7 Å². The van der Waals surface area contributed by atoms with Gasteiger partial charge < -0.3 is 4.90 Å². The average Bonchev–Trinajstić information content (AvgIpc) is 2.26. The second-order valence-corrected chi connectivity index (χ2v) is 3.35. The highest BCUT2D eigenvalue weighted by Crippen LogP contribution is 2.08. The average molecular weight is 193 g/mol. The van der Waals surface area contributed by atoms with Crippen LogP contribution in [0.2, 0.25) is 0 Å². The number of hydrogen-bond donors (Lipinski definition) is 0. The number of likely N-dealkylation sites (N-methyl/N-ethyl adjacent to an activating group) is 1. The fourth-order valence-electron chi connectivity index (χ4n) is 1.34. The van der Waals surface area contributed by atoms with E-state index in [2.05, 4.69) is 6.58 Å². The van der Waals surface area contributed by atoms with Crippen molar-refractivity contribution in [2.24, 2.45) is 0 Å². The molecule has 0 aliphatic carbocycles. The molecule has 0 aliphatic rings. The van der Waals surface area contributed by atoms with Crippen LogP contribution < -0.4 is 0 Å². The molecule has 0 radical (unpaired) electrons. The van der Waals surface area contributed by atoms with Gasteiger partial charge in [-0.3, -0.25) is 0 Å². The summed E-state index contributed by atoms with van der Waals surface area (Å²) >= 11 is 0. The molecule has 1 rings (SSSR count). The molecule has 14 heavy (non-hydrogen) atoms. The molecular weight excluding hydrogens is 177 g/mol. The van der Waals surface area contributed by atoms with E-state index < -0.39 is 0 Å². The maximum atomic E-state index is 12.7. The molecule has 0 spiro atoms. The first-order valence-electron chi connectivity index (χ1n) is 4.72. The largest absolute Gasteiger partial charge is 0.375 e. The smallest absolute Gasteiger partial charge is 0.110 e. The zero-order valence-electron chi connectivity index (χ0n) is 8.49. The Balaban J connectivity index is 2.61. The van der Waals surface area contributed by atoms with Crippen LogP contribution in [-0.4, -0.2) is 24.7 Å². The fourth-order valence-corrected chi connectivity index (χ4v) is 1.34. The van der Waals surface area contributed by atoms with E-state index in [0.717, 1.165) is 12.0 Å². The Hall–Kier alpha value is -1.31. The van der Waals surface area contributed by atoms with Crippen molar-refractivity contribution in [3.63, 3.8) is 0 Å². The van der Waals surface area contributed by atoms with E-state index in [1.165, 1.54) is 0 Å². The molecule has 1 aromatic carbocycles. The van der Waals surface area contributed by atoms with Crippen LogP contribution in [0.4, 0.5) is 4.39 Å². The number of benzene rings is 1. The quantitative estimate of drug-likeness (QED) is 0.695. The van der Waals surface area contributed by atoms with E-state index in [0.29, 0.717) is 0 Å². The Morgan fingerprint density at radius 1 is 1.43 bits per heavy atom. The second kappa shape index (κ2) is 5.43. The topological polar surface area (TPSA) is 3.24 Å². The van der Waals surface area contributed by atoms with Gasteiger partial charge in [0.2, 0.25) is 0 Å². The summed E-state index contributed by atoms with van der Waals surface area (Å²) in [4.78, 5) is 1.81. The molecule has 0 N–H and O–H groups in total. The van der Waals surface area contributed by atoms with Crippen molar-refractivity contribution in [2.75, 3.05) is 13.7 Å². The molecule has 0 aromatic heterocycles. The van der Waals surface area contributed by atoms with Gasteiger partial charge in [-0.1, -0.05) is 36.9 Å². The minimum Gasteiger partial charge on any atom is -0.375 e. The van der Waals surface area contributed by atoms with Crippen LogP contribution in [0.3, 0.4) is 0 Å². The summed E-state index contributed by atoms with van der Waals surface area (Å²) in [6.45, 7) is 3.28. The van der Waals surface area contributed by atoms with Crippen LogP contribution in [0.1, 0.15) is 5.56 Å². The van der Waals surface area contributed by atoms with Crippen molar-refractivity contribution in [2.45, 2.75) is 12.5 Å². The molecule has 0 unspecified atom stereocenters. The summed E-state index contributed by atoms with van der Waals surface area (Å²) in [6.07, 6.45) is 2.38. The first-order valence-corrected chi connectivity index (χ1v) is 4.72. The van der Waals surface area contributed by atoms with Crippen LogP contribution >= 0.6 is 0 Å². The van der Waals surface area contributed by atoms with Gasteiger partial charge in [0, 0.05) is 7.05 Å². The highest BCUT2D eigenvalue weighted by Gasteiger charge is 2.11. The second-order valence-electron chi connectivity index (χ2n) is 3.35. The van der Waals surface area contributed by atoms with Gasteiger partial charge in [0.05, 0.1) is 6.04 Å². The Morgan fingerprint density at radius 3 is 2.57 bits per heavy atom. The highest BCUT2D eigenvalue weighted by atomic mass is 19.1. The summed E-state index contributed by atoms with van der Waals surface area (Å²) in [5.74, 6) is 0. The highest BCUT2D eigenvalue weighted by molar-refractivity contribution is 5.16. The lowest BCUT2D eigenvalue weighted by Crippen LogP contribution is -2.30. The molecule has 0 saturated heterocycles. The zero-order valence-corrected chi connectivity index (χ0v) is 8.49. The standard InChI is InChI=1S/C12H16FN/c1-3-14(2)12(10-13)9-11-7-5-4-6-8-11/h3-8,12H,1,9-10H2,2H3/t12-/m0/s1. The first-order chi connectivity index (χ1) is 6.77. The zero-order chi connectivity index (χ0) is 10.4. The SMILES string of the molecule is C=CN(C)[C@H](CF)Cc1ccccc1. The Labute approximate surface area is 84.9 Å². The molecule has 0 bridgehead atoms. The normalized spacial score (nSPS) is 12.1. The van der Waals surface area contributed by atoms with Gasteiger partial charge in [-0.25, -0.2) is 4.39 Å². The predicted octanol–water partition coefficient (Wildman–Crippen LogP) is 2.64. The summed E-state index contributed by atoms with van der Waals surface area (Å²) < 4.78 is 12.7. The molecule has 2 heteroatoms. The lowest BCUT2D eigenvalue weighted by molar-refractivity contribution is 0.262. The number of nitrogens with zero attached hydrogens (tertiary/aromatic N) is 1. The molecule has 0 heterocycles. The minimum atomic E-state index is -0.350. The van der Waals surface area contributed by atoms with Crippen molar-refractivity contribution < 1.29 is 4.39 Å². The van der Waals surface area contributed by atoms with E-state index in [9.17, 15) is 4.39 Å². The third-order valence-electron chi connectivity index (χ3n) is 2.36. The summed E-state index contributed by atoms with van der Waals surface area (Å²) in [5, 5.41) is 0. The van der Waals surface area contributed by atoms with Crippen LogP contribution in [-0.2, 0) is 6.42 Å².